The second kappa shape index (κ2) is 12.5. The van der Waals surface area contributed by atoms with E-state index in [1.165, 1.54) is 12.1 Å². The zero-order valence-corrected chi connectivity index (χ0v) is 22.6. The molecule has 8 heteroatoms. The fourth-order valence-corrected chi connectivity index (χ4v) is 4.78. The highest BCUT2D eigenvalue weighted by atomic mass is 16.4. The molecule has 6 N–H and O–H groups in total. The summed E-state index contributed by atoms with van der Waals surface area (Å²) in [6.07, 6.45) is -0.461. The normalized spacial score (nSPS) is 12.4. The summed E-state index contributed by atoms with van der Waals surface area (Å²) in [5.74, 6) is -3.36. The van der Waals surface area contributed by atoms with Crippen LogP contribution in [0.25, 0.3) is 21.5 Å². The van der Waals surface area contributed by atoms with Crippen molar-refractivity contribution in [3.63, 3.8) is 0 Å². The van der Waals surface area contributed by atoms with Gasteiger partial charge in [-0.1, -0.05) is 78.9 Å². The van der Waals surface area contributed by atoms with Gasteiger partial charge in [0.15, 0.2) is 0 Å². The molecule has 0 aliphatic rings. The number of aromatic carboxylic acids is 2. The van der Waals surface area contributed by atoms with Crippen LogP contribution in [0, 0.1) is 0 Å². The minimum absolute atomic E-state index is 0.0407. The standard InChI is InChI=1S/C23H16O6.C10H15NO/c24-20-16(14-7-3-1-5-12(14)9-18(20)22(26)27)11-17-15-8-4-2-6-13(15)10-19(21(17)25)23(28)29;1-8(11-2)10(12)9-6-4-3-5-7-9/h1-10,24-25H,11H2,(H,26,27)(H,28,29);3-8,10-12H,1-2H3/t;8-,10+/m.0/s1. The summed E-state index contributed by atoms with van der Waals surface area (Å²) in [5.41, 5.74) is 1.07. The number of carboxylic acids is 2. The lowest BCUT2D eigenvalue weighted by Crippen LogP contribution is -2.28. The van der Waals surface area contributed by atoms with E-state index >= 15 is 0 Å². The van der Waals surface area contributed by atoms with Crippen molar-refractivity contribution in [2.45, 2.75) is 25.5 Å². The summed E-state index contributed by atoms with van der Waals surface area (Å²) >= 11 is 0. The molecule has 0 aliphatic carbocycles. The van der Waals surface area contributed by atoms with Crippen molar-refractivity contribution in [3.05, 3.63) is 119 Å². The molecule has 210 valence electrons. The van der Waals surface area contributed by atoms with Gasteiger partial charge in [0.25, 0.3) is 0 Å². The molecule has 0 aromatic heterocycles. The van der Waals surface area contributed by atoms with Crippen molar-refractivity contribution in [2.24, 2.45) is 0 Å². The number of fused-ring (bicyclic) bond motifs is 2. The molecule has 5 aromatic rings. The summed E-state index contributed by atoms with van der Waals surface area (Å²) in [6, 6.07) is 26.5. The number of aliphatic hydroxyl groups is 1. The van der Waals surface area contributed by atoms with Crippen LogP contribution in [0.5, 0.6) is 11.5 Å². The molecule has 5 aromatic carbocycles. The molecule has 0 amide bonds. The van der Waals surface area contributed by atoms with E-state index in [0.29, 0.717) is 32.7 Å². The van der Waals surface area contributed by atoms with Gasteiger partial charge in [-0.2, -0.15) is 0 Å². The van der Waals surface area contributed by atoms with Crippen LogP contribution >= 0.6 is 0 Å². The maximum absolute atomic E-state index is 11.6. The Kier molecular flexibility index (Phi) is 8.87. The average molecular weight is 554 g/mol. The number of carbonyl (C=O) groups is 2. The molecule has 0 saturated carbocycles. The van der Waals surface area contributed by atoms with Gasteiger partial charge in [0.2, 0.25) is 0 Å². The largest absolute Gasteiger partial charge is 0.507 e. The van der Waals surface area contributed by atoms with Gasteiger partial charge in [0.1, 0.15) is 22.6 Å². The highest BCUT2D eigenvalue weighted by molar-refractivity contribution is 6.02. The number of hydrogen-bond acceptors (Lipinski definition) is 6. The number of carboxylic acid groups (broad SMARTS) is 2. The van der Waals surface area contributed by atoms with Gasteiger partial charge in [-0.3, -0.25) is 0 Å². The van der Waals surface area contributed by atoms with Gasteiger partial charge >= 0.3 is 11.9 Å². The summed E-state index contributed by atoms with van der Waals surface area (Å²) in [7, 11) is 1.84. The summed E-state index contributed by atoms with van der Waals surface area (Å²) in [6.45, 7) is 1.96. The molecular formula is C33H31NO7. The second-order valence-corrected chi connectivity index (χ2v) is 9.66. The molecule has 0 unspecified atom stereocenters. The first kappa shape index (κ1) is 29.1. The van der Waals surface area contributed by atoms with Crippen molar-refractivity contribution in [1.82, 2.24) is 5.32 Å². The summed E-state index contributed by atoms with van der Waals surface area (Å²) in [4.78, 5) is 23.2. The molecule has 0 heterocycles. The average Bonchev–Trinajstić information content (AvgIpc) is 2.98. The summed E-state index contributed by atoms with van der Waals surface area (Å²) in [5, 5.41) is 55.5. The molecule has 0 fully saturated rings. The van der Waals surface area contributed by atoms with E-state index in [1.54, 1.807) is 48.5 Å². The molecule has 8 nitrogen and oxygen atoms in total. The maximum atomic E-state index is 11.6. The van der Waals surface area contributed by atoms with E-state index < -0.39 is 29.5 Å². The first-order valence-corrected chi connectivity index (χ1v) is 13.0. The predicted octanol–water partition coefficient (Wildman–Crippen LogP) is 5.72. The van der Waals surface area contributed by atoms with Crippen molar-refractivity contribution in [3.8, 4) is 11.5 Å². The van der Waals surface area contributed by atoms with Crippen molar-refractivity contribution < 1.29 is 35.1 Å². The number of aliphatic hydroxyl groups excluding tert-OH is 1. The van der Waals surface area contributed by atoms with E-state index in [1.807, 2.05) is 44.3 Å². The zero-order valence-electron chi connectivity index (χ0n) is 22.6. The zero-order chi connectivity index (χ0) is 29.7. The fraction of sp³-hybridized carbons (Fsp3) is 0.152. The molecule has 0 radical (unpaired) electrons. The van der Waals surface area contributed by atoms with E-state index in [4.69, 9.17) is 0 Å². The molecule has 0 aliphatic heterocycles. The summed E-state index contributed by atoms with van der Waals surface area (Å²) < 4.78 is 0. The molecule has 41 heavy (non-hydrogen) atoms. The van der Waals surface area contributed by atoms with Gasteiger partial charge in [-0.25, -0.2) is 9.59 Å². The van der Waals surface area contributed by atoms with E-state index in [0.717, 1.165) is 5.56 Å². The smallest absolute Gasteiger partial charge is 0.339 e. The van der Waals surface area contributed by atoms with Gasteiger partial charge in [-0.15, -0.1) is 0 Å². The molecule has 0 saturated heterocycles. The number of aromatic hydroxyl groups is 2. The van der Waals surface area contributed by atoms with Gasteiger partial charge < -0.3 is 30.8 Å². The molecule has 2 atom stereocenters. The van der Waals surface area contributed by atoms with Crippen molar-refractivity contribution in [2.75, 3.05) is 7.05 Å². The van der Waals surface area contributed by atoms with Gasteiger partial charge in [-0.05, 0) is 53.2 Å². The lowest BCUT2D eigenvalue weighted by Gasteiger charge is -2.17. The Balaban J connectivity index is 0.000000271. The lowest BCUT2D eigenvalue weighted by atomic mass is 9.90. The monoisotopic (exact) mass is 553 g/mol. The Hall–Kier alpha value is -4.92. The Bertz CT molecular complexity index is 1620. The first-order valence-electron chi connectivity index (χ1n) is 13.0. The van der Waals surface area contributed by atoms with Crippen LogP contribution in [0.1, 0.15) is 50.4 Å². The highest BCUT2D eigenvalue weighted by Gasteiger charge is 2.22. The van der Waals surface area contributed by atoms with Crippen LogP contribution in [0.4, 0.5) is 0 Å². The van der Waals surface area contributed by atoms with Crippen molar-refractivity contribution >= 4 is 33.5 Å². The third kappa shape index (κ3) is 6.14. The first-order chi connectivity index (χ1) is 19.6. The quantitative estimate of drug-likeness (QED) is 0.150. The number of rotatable bonds is 7. The minimum Gasteiger partial charge on any atom is -0.507 e. The SMILES string of the molecule is CN[C@@H](C)[C@@H](O)c1ccccc1.O=C(O)c1cc2ccccc2c(Cc2c(O)c(C(=O)O)cc3ccccc23)c1O. The van der Waals surface area contributed by atoms with Crippen molar-refractivity contribution in [1.29, 1.82) is 0 Å². The van der Waals surface area contributed by atoms with Crippen LogP contribution in [-0.2, 0) is 6.42 Å². The Morgan fingerprint density at radius 3 is 1.54 bits per heavy atom. The number of nitrogens with one attached hydrogen (secondary N) is 1. The number of benzene rings is 5. The fourth-order valence-electron chi connectivity index (χ4n) is 4.78. The van der Waals surface area contributed by atoms with E-state index in [-0.39, 0.29) is 23.6 Å². The molecule has 0 bridgehead atoms. The van der Waals surface area contributed by atoms with Gasteiger partial charge in [0, 0.05) is 23.6 Å². The maximum Gasteiger partial charge on any atom is 0.339 e. The topological polar surface area (TPSA) is 147 Å². The Morgan fingerprint density at radius 2 is 1.12 bits per heavy atom. The van der Waals surface area contributed by atoms with E-state index in [2.05, 4.69) is 5.32 Å². The highest BCUT2D eigenvalue weighted by Crippen LogP contribution is 2.38. The number of hydrogen-bond donors (Lipinski definition) is 6. The molecule has 0 spiro atoms. The van der Waals surface area contributed by atoms with E-state index in [9.17, 15) is 35.1 Å². The lowest BCUT2D eigenvalue weighted by molar-refractivity contribution is 0.0682. The third-order valence-corrected chi connectivity index (χ3v) is 7.14. The molecular weight excluding hydrogens is 522 g/mol. The molecule has 5 rings (SSSR count). The number of likely N-dealkylation sites (N-methyl/N-ethyl adjacent to an activating group) is 1. The van der Waals surface area contributed by atoms with Crippen LogP contribution in [0.3, 0.4) is 0 Å². The Morgan fingerprint density at radius 1 is 0.707 bits per heavy atom. The van der Waals surface area contributed by atoms with Crippen LogP contribution < -0.4 is 5.32 Å². The third-order valence-electron chi connectivity index (χ3n) is 7.14. The number of phenols is 2. The Labute approximate surface area is 236 Å². The van der Waals surface area contributed by atoms with Crippen LogP contribution in [0.15, 0.2) is 91.0 Å². The predicted molar refractivity (Wildman–Crippen MR) is 158 cm³/mol. The van der Waals surface area contributed by atoms with Crippen LogP contribution in [-0.4, -0.2) is 50.6 Å². The minimum atomic E-state index is -1.28. The second-order valence-electron chi connectivity index (χ2n) is 9.66. The van der Waals surface area contributed by atoms with Crippen LogP contribution in [0.2, 0.25) is 0 Å². The van der Waals surface area contributed by atoms with Gasteiger partial charge in [0.05, 0.1) is 6.10 Å².